The average Bonchev–Trinajstić information content (AvgIpc) is 3.59. The summed E-state index contributed by atoms with van der Waals surface area (Å²) < 4.78 is 4.39. The minimum absolute atomic E-state index is 0. The Morgan fingerprint density at radius 1 is 0.529 bits per heavy atom. The minimum atomic E-state index is -3.02. The molecule has 3 aliphatic rings. The van der Waals surface area contributed by atoms with Gasteiger partial charge in [0.15, 0.2) is 0 Å². The second-order valence-electron chi connectivity index (χ2n) is 18.5. The van der Waals surface area contributed by atoms with Gasteiger partial charge in [0, 0.05) is 0 Å². The van der Waals surface area contributed by atoms with Crippen LogP contribution in [-0.4, -0.2) is 0 Å². The number of benzene rings is 4. The van der Waals surface area contributed by atoms with Gasteiger partial charge in [-0.1, -0.05) is 0 Å². The normalized spacial score (nSPS) is 18.8. The van der Waals surface area contributed by atoms with Crippen molar-refractivity contribution in [3.05, 3.63) is 129 Å². The minimum Gasteiger partial charge on any atom is -0.147 e. The standard InChI is InChI=1S/2C23H27.C2H4.2ClH.Hf/c2*1-16(2)13-17-14-19-7-6-8-21(22(19)15-17)18-9-11-20(12-10-18)23(3,4)5;1-2;;;/h2*6-12,14-16H,13H2,1-5H3;1-2H2;2*1H;. The number of halogens is 2. The molecule has 0 radical (unpaired) electrons. The van der Waals surface area contributed by atoms with E-state index in [1.54, 1.807) is 22.3 Å². The molecule has 0 bridgehead atoms. The van der Waals surface area contributed by atoms with Crippen LogP contribution in [-0.2, 0) is 30.8 Å². The van der Waals surface area contributed by atoms with Crippen molar-refractivity contribution in [3.8, 4) is 22.3 Å². The summed E-state index contributed by atoms with van der Waals surface area (Å²) in [6.45, 7) is 23.6. The molecule has 0 spiro atoms. The molecule has 270 valence electrons. The second kappa shape index (κ2) is 14.9. The van der Waals surface area contributed by atoms with Gasteiger partial charge >= 0.3 is 304 Å². The van der Waals surface area contributed by atoms with Crippen LogP contribution < -0.4 is 0 Å². The molecule has 0 N–H and O–H groups in total. The molecular weight excluding hydrogens is 826 g/mol. The van der Waals surface area contributed by atoms with E-state index in [0.29, 0.717) is 19.2 Å². The fourth-order valence-electron chi connectivity index (χ4n) is 9.27. The number of allylic oxidation sites excluding steroid dienone is 2. The SMILES string of the molecule is CC(C)CC1=Cc2c(-c3ccc(C(C)(C)C)cc3)cccc2[CH]1[Hf]1([CH]2C(CC(C)C)=Cc3c(-c4ccc(C(C)(C)C)cc4)cccc32)[CH2][CH2]1.Cl.Cl. The number of fused-ring (bicyclic) bond motifs is 2. The fraction of sp³-hybridized carbons (Fsp3) is 0.417. The fourth-order valence-corrected chi connectivity index (χ4v) is 37.2. The van der Waals surface area contributed by atoms with Gasteiger partial charge in [0.2, 0.25) is 0 Å². The van der Waals surface area contributed by atoms with E-state index in [1.807, 2.05) is 0 Å². The Hall–Kier alpha value is -2.19. The van der Waals surface area contributed by atoms with E-state index in [0.717, 1.165) is 0 Å². The second-order valence-corrected chi connectivity index (χ2v) is 35.1. The Morgan fingerprint density at radius 3 is 1.18 bits per heavy atom. The Balaban J connectivity index is 0.00000252. The molecule has 2 atom stereocenters. The Kier molecular flexibility index (Phi) is 11.7. The van der Waals surface area contributed by atoms with Crippen molar-refractivity contribution >= 4 is 37.0 Å². The molecule has 3 heteroatoms. The van der Waals surface area contributed by atoms with Crippen molar-refractivity contribution < 1.29 is 20.0 Å². The number of hydrogen-bond acceptors (Lipinski definition) is 0. The van der Waals surface area contributed by atoms with E-state index in [9.17, 15) is 0 Å². The maximum atomic E-state index is 2.68. The Bertz CT molecular complexity index is 1780. The van der Waals surface area contributed by atoms with Crippen LogP contribution >= 0.6 is 24.8 Å². The van der Waals surface area contributed by atoms with Gasteiger partial charge in [-0.15, -0.1) is 24.8 Å². The maximum Gasteiger partial charge on any atom is -0.147 e. The van der Waals surface area contributed by atoms with Crippen molar-refractivity contribution in [3.63, 3.8) is 0 Å². The molecule has 1 heterocycles. The summed E-state index contributed by atoms with van der Waals surface area (Å²) in [4.78, 5) is 0. The van der Waals surface area contributed by atoms with Crippen molar-refractivity contribution in [2.45, 2.75) is 109 Å². The van der Waals surface area contributed by atoms with Crippen LogP contribution in [0, 0.1) is 11.8 Å². The summed E-state index contributed by atoms with van der Waals surface area (Å²) in [7, 11) is 0. The molecule has 4 aromatic carbocycles. The molecular formula is C48H60Cl2Hf. The van der Waals surface area contributed by atoms with Gasteiger partial charge in [-0.25, -0.2) is 0 Å². The number of rotatable bonds is 8. The van der Waals surface area contributed by atoms with Crippen LogP contribution in [0.2, 0.25) is 8.35 Å². The van der Waals surface area contributed by atoms with Crippen molar-refractivity contribution in [2.75, 3.05) is 0 Å². The Morgan fingerprint density at radius 2 is 0.882 bits per heavy atom. The zero-order valence-electron chi connectivity index (χ0n) is 32.7. The van der Waals surface area contributed by atoms with Gasteiger partial charge in [0.25, 0.3) is 0 Å². The first-order valence-electron chi connectivity index (χ1n) is 19.1. The Labute approximate surface area is 326 Å². The molecule has 1 saturated heterocycles. The van der Waals surface area contributed by atoms with Crippen molar-refractivity contribution in [1.82, 2.24) is 0 Å². The van der Waals surface area contributed by atoms with Gasteiger partial charge in [0.05, 0.1) is 0 Å². The van der Waals surface area contributed by atoms with Crippen molar-refractivity contribution in [1.29, 1.82) is 0 Å². The predicted molar refractivity (Wildman–Crippen MR) is 226 cm³/mol. The quantitative estimate of drug-likeness (QED) is 0.155. The molecule has 51 heavy (non-hydrogen) atoms. The summed E-state index contributed by atoms with van der Waals surface area (Å²) in [5.41, 5.74) is 18.6. The third-order valence-corrected chi connectivity index (χ3v) is 30.8. The first kappa shape index (κ1) is 40.0. The summed E-state index contributed by atoms with van der Waals surface area (Å²) in [5.74, 6) is 1.32. The van der Waals surface area contributed by atoms with E-state index in [4.69, 9.17) is 0 Å². The van der Waals surface area contributed by atoms with Crippen molar-refractivity contribution in [2.24, 2.45) is 11.8 Å². The topological polar surface area (TPSA) is 0 Å². The first-order valence-corrected chi connectivity index (χ1v) is 28.3. The summed E-state index contributed by atoms with van der Waals surface area (Å²) in [6.07, 6.45) is 7.79. The molecule has 1 aliphatic heterocycles. The smallest absolute Gasteiger partial charge is 0.147 e. The molecule has 0 amide bonds. The molecule has 2 unspecified atom stereocenters. The van der Waals surface area contributed by atoms with Crippen LogP contribution in [0.5, 0.6) is 0 Å². The van der Waals surface area contributed by atoms with Gasteiger partial charge in [-0.05, 0) is 0 Å². The first-order chi connectivity index (χ1) is 23.2. The molecule has 4 aromatic rings. The molecule has 0 aromatic heterocycles. The third-order valence-electron chi connectivity index (χ3n) is 11.7. The van der Waals surface area contributed by atoms with Crippen LogP contribution in [0.25, 0.3) is 34.4 Å². The number of hydrogen-bond donors (Lipinski definition) is 0. The van der Waals surface area contributed by atoms with Crippen LogP contribution in [0.1, 0.15) is 123 Å². The van der Waals surface area contributed by atoms with Crippen LogP contribution in [0.4, 0.5) is 0 Å². The van der Waals surface area contributed by atoms with Crippen LogP contribution in [0.3, 0.4) is 0 Å². The summed E-state index contributed by atoms with van der Waals surface area (Å²) in [6, 6.07) is 33.5. The largest absolute Gasteiger partial charge is 0.147 e. The molecule has 1 fully saturated rings. The van der Waals surface area contributed by atoms with Gasteiger partial charge in [0.1, 0.15) is 0 Å². The maximum absolute atomic E-state index is 3.02. The average molecular weight is 886 g/mol. The van der Waals surface area contributed by atoms with Gasteiger partial charge in [-0.3, -0.25) is 0 Å². The molecule has 0 nitrogen and oxygen atoms in total. The van der Waals surface area contributed by atoms with E-state index in [1.165, 1.54) is 65.7 Å². The van der Waals surface area contributed by atoms with Gasteiger partial charge in [-0.2, -0.15) is 0 Å². The van der Waals surface area contributed by atoms with E-state index in [2.05, 4.69) is 166 Å². The van der Waals surface area contributed by atoms with Gasteiger partial charge < -0.3 is 0 Å². The van der Waals surface area contributed by atoms with E-state index in [-0.39, 0.29) is 35.6 Å². The monoisotopic (exact) mass is 886 g/mol. The summed E-state index contributed by atoms with van der Waals surface area (Å²) >= 11 is -3.02. The van der Waals surface area contributed by atoms with Crippen LogP contribution in [0.15, 0.2) is 96.1 Å². The zero-order valence-corrected chi connectivity index (χ0v) is 37.9. The molecule has 0 saturated carbocycles. The molecule has 7 rings (SSSR count). The summed E-state index contributed by atoms with van der Waals surface area (Å²) in [5, 5.41) is 0. The van der Waals surface area contributed by atoms with E-state index < -0.39 is 20.0 Å². The van der Waals surface area contributed by atoms with E-state index >= 15 is 0 Å². The third kappa shape index (κ3) is 7.61. The molecule has 2 aliphatic carbocycles. The zero-order chi connectivity index (χ0) is 34.9. The predicted octanol–water partition coefficient (Wildman–Crippen LogP) is 15.1.